The largest absolute Gasteiger partial charge is 0.492 e. The number of rotatable bonds is 4. The molecule has 0 aliphatic carbocycles. The molecule has 0 radical (unpaired) electrons. The molecule has 100 valence electrons. The Morgan fingerprint density at radius 1 is 1.28 bits per heavy atom. The smallest absolute Gasteiger partial charge is 0.121 e. The maximum atomic E-state index is 5.94. The summed E-state index contributed by atoms with van der Waals surface area (Å²) in [5.74, 6) is 0.781. The van der Waals surface area contributed by atoms with E-state index in [9.17, 15) is 0 Å². The summed E-state index contributed by atoms with van der Waals surface area (Å²) in [6, 6.07) is 5.39. The molecule has 1 fully saturated rings. The molecule has 0 amide bonds. The number of nitrogens with zero attached hydrogens (tertiary/aromatic N) is 2. The Kier molecular flexibility index (Phi) is 4.69. The van der Waals surface area contributed by atoms with E-state index in [-0.39, 0.29) is 0 Å². The Morgan fingerprint density at radius 3 is 2.67 bits per heavy atom. The molecule has 2 rings (SSSR count). The van der Waals surface area contributed by atoms with E-state index in [1.807, 2.05) is 6.07 Å². The lowest BCUT2D eigenvalue weighted by atomic mass is 10.3. The van der Waals surface area contributed by atoms with Crippen molar-refractivity contribution >= 4 is 17.3 Å². The number of hydrogen-bond acceptors (Lipinski definition) is 4. The second kappa shape index (κ2) is 6.27. The molecule has 1 aromatic carbocycles. The topological polar surface area (TPSA) is 41.7 Å². The molecule has 0 aromatic heterocycles. The van der Waals surface area contributed by atoms with E-state index in [1.54, 1.807) is 12.1 Å². The van der Waals surface area contributed by atoms with Gasteiger partial charge in [0.15, 0.2) is 0 Å². The number of hydrogen-bond donors (Lipinski definition) is 1. The summed E-state index contributed by atoms with van der Waals surface area (Å²) in [6.45, 7) is 6.13. The van der Waals surface area contributed by atoms with Crippen molar-refractivity contribution in [1.82, 2.24) is 9.80 Å². The fourth-order valence-corrected chi connectivity index (χ4v) is 2.13. The average Bonchev–Trinajstić information content (AvgIpc) is 2.36. The van der Waals surface area contributed by atoms with Crippen LogP contribution in [0.2, 0.25) is 5.02 Å². The number of likely N-dealkylation sites (N-methyl/N-ethyl adjacent to an activating group) is 1. The van der Waals surface area contributed by atoms with Crippen molar-refractivity contribution in [1.29, 1.82) is 0 Å². The number of piperazine rings is 1. The van der Waals surface area contributed by atoms with Crippen LogP contribution in [-0.2, 0) is 0 Å². The van der Waals surface area contributed by atoms with Gasteiger partial charge in [-0.2, -0.15) is 0 Å². The van der Waals surface area contributed by atoms with Crippen LogP contribution in [0.5, 0.6) is 5.75 Å². The molecule has 1 saturated heterocycles. The minimum atomic E-state index is 0.548. The monoisotopic (exact) mass is 269 g/mol. The molecule has 4 nitrogen and oxygen atoms in total. The van der Waals surface area contributed by atoms with E-state index in [0.717, 1.165) is 38.5 Å². The number of halogens is 1. The standard InChI is InChI=1S/C13H20ClN3O/c1-16-4-6-17(7-5-16)8-9-18-11-2-3-13(15)12(14)10-11/h2-3,10H,4-9,15H2,1H3. The molecule has 0 unspecified atom stereocenters. The van der Waals surface area contributed by atoms with E-state index in [0.29, 0.717) is 17.3 Å². The molecule has 1 heterocycles. The van der Waals surface area contributed by atoms with E-state index in [4.69, 9.17) is 22.1 Å². The molecule has 5 heteroatoms. The second-order valence-corrected chi connectivity index (χ2v) is 5.08. The van der Waals surface area contributed by atoms with Gasteiger partial charge in [-0.15, -0.1) is 0 Å². The number of ether oxygens (including phenoxy) is 1. The Hall–Kier alpha value is -0.970. The summed E-state index contributed by atoms with van der Waals surface area (Å²) >= 11 is 5.94. The molecule has 1 aromatic rings. The Labute approximate surface area is 113 Å². The van der Waals surface area contributed by atoms with Gasteiger partial charge in [0.2, 0.25) is 0 Å². The van der Waals surface area contributed by atoms with Crippen molar-refractivity contribution in [3.05, 3.63) is 23.2 Å². The number of anilines is 1. The van der Waals surface area contributed by atoms with Gasteiger partial charge in [-0.1, -0.05) is 11.6 Å². The Bertz CT molecular complexity index is 392. The van der Waals surface area contributed by atoms with Crippen LogP contribution in [0, 0.1) is 0 Å². The van der Waals surface area contributed by atoms with Crippen LogP contribution in [-0.4, -0.2) is 56.2 Å². The molecular formula is C13H20ClN3O. The summed E-state index contributed by atoms with van der Waals surface area (Å²) in [7, 11) is 2.16. The SMILES string of the molecule is CN1CCN(CCOc2ccc(N)c(Cl)c2)CC1. The van der Waals surface area contributed by atoms with E-state index < -0.39 is 0 Å². The fourth-order valence-electron chi connectivity index (χ4n) is 1.96. The van der Waals surface area contributed by atoms with Crippen LogP contribution < -0.4 is 10.5 Å². The summed E-state index contributed by atoms with van der Waals surface area (Å²) in [5, 5.41) is 0.548. The first-order valence-electron chi connectivity index (χ1n) is 6.24. The highest BCUT2D eigenvalue weighted by atomic mass is 35.5. The minimum Gasteiger partial charge on any atom is -0.492 e. The zero-order valence-corrected chi connectivity index (χ0v) is 11.5. The highest BCUT2D eigenvalue weighted by Gasteiger charge is 2.13. The maximum Gasteiger partial charge on any atom is 0.121 e. The van der Waals surface area contributed by atoms with Gasteiger partial charge in [-0.25, -0.2) is 0 Å². The third-order valence-corrected chi connectivity index (χ3v) is 3.57. The van der Waals surface area contributed by atoms with Gasteiger partial charge < -0.3 is 15.4 Å². The average molecular weight is 270 g/mol. The quantitative estimate of drug-likeness (QED) is 0.842. The number of nitrogen functional groups attached to an aromatic ring is 1. The summed E-state index contributed by atoms with van der Waals surface area (Å²) in [5.41, 5.74) is 6.23. The van der Waals surface area contributed by atoms with Gasteiger partial charge in [0.25, 0.3) is 0 Å². The molecule has 0 bridgehead atoms. The predicted molar refractivity (Wildman–Crippen MR) is 75.3 cm³/mol. The summed E-state index contributed by atoms with van der Waals surface area (Å²) < 4.78 is 5.68. The Balaban J connectivity index is 1.73. The van der Waals surface area contributed by atoms with E-state index in [2.05, 4.69) is 16.8 Å². The molecular weight excluding hydrogens is 250 g/mol. The highest BCUT2D eigenvalue weighted by molar-refractivity contribution is 6.33. The van der Waals surface area contributed by atoms with Crippen molar-refractivity contribution in [3.8, 4) is 5.75 Å². The Morgan fingerprint density at radius 2 is 2.00 bits per heavy atom. The summed E-state index contributed by atoms with van der Waals surface area (Å²) in [4.78, 5) is 4.76. The van der Waals surface area contributed by atoms with Crippen LogP contribution in [0.15, 0.2) is 18.2 Å². The maximum absolute atomic E-state index is 5.94. The normalized spacial score (nSPS) is 17.9. The van der Waals surface area contributed by atoms with Crippen molar-refractivity contribution in [2.75, 3.05) is 52.1 Å². The van der Waals surface area contributed by atoms with Crippen molar-refractivity contribution in [2.45, 2.75) is 0 Å². The highest BCUT2D eigenvalue weighted by Crippen LogP contribution is 2.23. The first-order chi connectivity index (χ1) is 8.65. The van der Waals surface area contributed by atoms with E-state index >= 15 is 0 Å². The van der Waals surface area contributed by atoms with Crippen molar-refractivity contribution < 1.29 is 4.74 Å². The van der Waals surface area contributed by atoms with Gasteiger partial charge in [0.05, 0.1) is 10.7 Å². The lowest BCUT2D eigenvalue weighted by molar-refractivity contribution is 0.134. The fraction of sp³-hybridized carbons (Fsp3) is 0.538. The van der Waals surface area contributed by atoms with Crippen LogP contribution in [0.1, 0.15) is 0 Å². The van der Waals surface area contributed by atoms with Crippen LogP contribution in [0.3, 0.4) is 0 Å². The first kappa shape index (κ1) is 13.5. The number of nitrogens with two attached hydrogens (primary N) is 1. The molecule has 2 N–H and O–H groups in total. The third-order valence-electron chi connectivity index (χ3n) is 3.24. The molecule has 0 spiro atoms. The van der Waals surface area contributed by atoms with Gasteiger partial charge in [0.1, 0.15) is 12.4 Å². The minimum absolute atomic E-state index is 0.548. The van der Waals surface area contributed by atoms with Crippen LogP contribution in [0.25, 0.3) is 0 Å². The first-order valence-corrected chi connectivity index (χ1v) is 6.61. The number of benzene rings is 1. The molecule has 1 aliphatic heterocycles. The molecule has 0 saturated carbocycles. The predicted octanol–water partition coefficient (Wildman–Crippen LogP) is 1.55. The lowest BCUT2D eigenvalue weighted by Crippen LogP contribution is -2.45. The van der Waals surface area contributed by atoms with Gasteiger partial charge in [-0.3, -0.25) is 4.90 Å². The zero-order valence-electron chi connectivity index (χ0n) is 10.7. The van der Waals surface area contributed by atoms with Gasteiger partial charge in [0, 0.05) is 38.8 Å². The third kappa shape index (κ3) is 3.77. The molecule has 18 heavy (non-hydrogen) atoms. The lowest BCUT2D eigenvalue weighted by Gasteiger charge is -2.32. The van der Waals surface area contributed by atoms with E-state index in [1.165, 1.54) is 0 Å². The molecule has 1 aliphatic rings. The van der Waals surface area contributed by atoms with Crippen LogP contribution >= 0.6 is 11.6 Å². The summed E-state index contributed by atoms with van der Waals surface area (Å²) in [6.07, 6.45) is 0. The van der Waals surface area contributed by atoms with Gasteiger partial charge in [-0.05, 0) is 19.2 Å². The van der Waals surface area contributed by atoms with Crippen LogP contribution in [0.4, 0.5) is 5.69 Å². The molecule has 0 atom stereocenters. The van der Waals surface area contributed by atoms with Crippen molar-refractivity contribution in [2.24, 2.45) is 0 Å². The second-order valence-electron chi connectivity index (χ2n) is 4.68. The zero-order chi connectivity index (χ0) is 13.0. The van der Waals surface area contributed by atoms with Gasteiger partial charge >= 0.3 is 0 Å². The van der Waals surface area contributed by atoms with Crippen molar-refractivity contribution in [3.63, 3.8) is 0 Å².